The second-order valence-electron chi connectivity index (χ2n) is 7.67. The van der Waals surface area contributed by atoms with Crippen LogP contribution in [0.3, 0.4) is 0 Å². The molecule has 0 atom stereocenters. The molecular formula is C22H29N3O3S. The number of benzene rings is 1. The minimum Gasteiger partial charge on any atom is -0.486 e. The molecular weight excluding hydrogens is 386 g/mol. The number of aromatic nitrogens is 1. The van der Waals surface area contributed by atoms with Crippen LogP contribution in [-0.4, -0.2) is 60.1 Å². The molecule has 3 heterocycles. The fraction of sp³-hybridized carbons (Fsp3) is 0.545. The average Bonchev–Trinajstić information content (AvgIpc) is 3.12. The van der Waals surface area contributed by atoms with Crippen LogP contribution in [0.4, 0.5) is 0 Å². The number of aryl methyl sites for hydroxylation is 2. The highest BCUT2D eigenvalue weighted by atomic mass is 32.1. The van der Waals surface area contributed by atoms with Crippen LogP contribution < -0.4 is 9.47 Å². The minimum atomic E-state index is 0.140. The van der Waals surface area contributed by atoms with E-state index in [1.807, 2.05) is 17.9 Å². The van der Waals surface area contributed by atoms with E-state index in [0.717, 1.165) is 79.1 Å². The Bertz CT molecular complexity index is 859. The van der Waals surface area contributed by atoms with Gasteiger partial charge in [0.1, 0.15) is 18.1 Å². The van der Waals surface area contributed by atoms with Crippen LogP contribution in [0.15, 0.2) is 18.2 Å². The summed E-state index contributed by atoms with van der Waals surface area (Å²) in [5, 5.41) is 1.09. The van der Waals surface area contributed by atoms with Crippen LogP contribution in [0, 0.1) is 6.92 Å². The van der Waals surface area contributed by atoms with E-state index >= 15 is 0 Å². The zero-order valence-electron chi connectivity index (χ0n) is 17.3. The molecule has 1 amide bonds. The number of carbonyl (C=O) groups is 1. The van der Waals surface area contributed by atoms with Crippen molar-refractivity contribution in [2.75, 3.05) is 39.4 Å². The van der Waals surface area contributed by atoms with Gasteiger partial charge >= 0.3 is 0 Å². The molecule has 1 saturated heterocycles. The van der Waals surface area contributed by atoms with Crippen LogP contribution in [0.25, 0.3) is 0 Å². The van der Waals surface area contributed by atoms with Gasteiger partial charge in [-0.25, -0.2) is 4.98 Å². The number of hydrogen-bond acceptors (Lipinski definition) is 6. The van der Waals surface area contributed by atoms with Crippen molar-refractivity contribution in [1.29, 1.82) is 0 Å². The second kappa shape index (κ2) is 9.13. The van der Waals surface area contributed by atoms with Gasteiger partial charge in [0.05, 0.1) is 10.7 Å². The van der Waals surface area contributed by atoms with Gasteiger partial charge in [0.25, 0.3) is 5.91 Å². The fourth-order valence-corrected chi connectivity index (χ4v) is 4.86. The van der Waals surface area contributed by atoms with E-state index in [4.69, 9.17) is 9.47 Å². The quantitative estimate of drug-likeness (QED) is 0.723. The number of nitrogens with zero attached hydrogens (tertiary/aromatic N) is 3. The van der Waals surface area contributed by atoms with Gasteiger partial charge in [-0.05, 0) is 37.5 Å². The molecule has 0 unspecified atom stereocenters. The molecule has 156 valence electrons. The Hall–Kier alpha value is -2.12. The third-order valence-corrected chi connectivity index (χ3v) is 6.66. The number of carbonyl (C=O) groups excluding carboxylic acids is 1. The zero-order valence-corrected chi connectivity index (χ0v) is 18.1. The van der Waals surface area contributed by atoms with Crippen LogP contribution in [0.5, 0.6) is 11.5 Å². The Labute approximate surface area is 176 Å². The summed E-state index contributed by atoms with van der Waals surface area (Å²) in [6.07, 6.45) is 3.24. The summed E-state index contributed by atoms with van der Waals surface area (Å²) >= 11 is 1.58. The SMILES string of the molecule is CCCCc1nc(C)c(C(=O)N2CCN(Cc3ccc4c(c3)OCCO4)CC2)s1. The van der Waals surface area contributed by atoms with Gasteiger partial charge in [-0.3, -0.25) is 9.69 Å². The van der Waals surface area contributed by atoms with Crippen molar-refractivity contribution in [1.82, 2.24) is 14.8 Å². The average molecular weight is 416 g/mol. The molecule has 1 aromatic carbocycles. The molecule has 2 aliphatic rings. The number of thiazole rings is 1. The molecule has 0 spiro atoms. The first kappa shape index (κ1) is 20.2. The predicted octanol–water partition coefficient (Wildman–Crippen LogP) is 3.52. The largest absolute Gasteiger partial charge is 0.486 e. The van der Waals surface area contributed by atoms with Crippen molar-refractivity contribution in [3.63, 3.8) is 0 Å². The lowest BCUT2D eigenvalue weighted by molar-refractivity contribution is 0.0632. The van der Waals surface area contributed by atoms with Crippen molar-refractivity contribution < 1.29 is 14.3 Å². The van der Waals surface area contributed by atoms with E-state index in [2.05, 4.69) is 28.9 Å². The molecule has 1 aromatic heterocycles. The first-order chi connectivity index (χ1) is 14.1. The summed E-state index contributed by atoms with van der Waals surface area (Å²) in [4.78, 5) is 22.8. The van der Waals surface area contributed by atoms with Gasteiger partial charge in [0.2, 0.25) is 0 Å². The maximum Gasteiger partial charge on any atom is 0.265 e. The summed E-state index contributed by atoms with van der Waals surface area (Å²) in [6, 6.07) is 6.17. The number of amides is 1. The highest BCUT2D eigenvalue weighted by Gasteiger charge is 2.25. The molecule has 0 radical (unpaired) electrons. The van der Waals surface area contributed by atoms with E-state index in [1.165, 1.54) is 5.56 Å². The minimum absolute atomic E-state index is 0.140. The van der Waals surface area contributed by atoms with E-state index < -0.39 is 0 Å². The summed E-state index contributed by atoms with van der Waals surface area (Å²) in [5.41, 5.74) is 2.10. The van der Waals surface area contributed by atoms with Crippen molar-refractivity contribution >= 4 is 17.2 Å². The Kier molecular flexibility index (Phi) is 6.35. The van der Waals surface area contributed by atoms with Crippen LogP contribution in [-0.2, 0) is 13.0 Å². The zero-order chi connectivity index (χ0) is 20.2. The Morgan fingerprint density at radius 2 is 1.90 bits per heavy atom. The van der Waals surface area contributed by atoms with Gasteiger partial charge in [0, 0.05) is 32.7 Å². The molecule has 2 aromatic rings. The predicted molar refractivity (Wildman–Crippen MR) is 114 cm³/mol. The van der Waals surface area contributed by atoms with Gasteiger partial charge in [-0.1, -0.05) is 19.4 Å². The van der Waals surface area contributed by atoms with Crippen LogP contribution in [0.1, 0.15) is 45.7 Å². The van der Waals surface area contributed by atoms with Gasteiger partial charge < -0.3 is 14.4 Å². The third-order valence-electron chi connectivity index (χ3n) is 5.45. The van der Waals surface area contributed by atoms with E-state index in [1.54, 1.807) is 11.3 Å². The maximum absolute atomic E-state index is 13.0. The molecule has 29 heavy (non-hydrogen) atoms. The molecule has 2 aliphatic heterocycles. The lowest BCUT2D eigenvalue weighted by atomic mass is 10.1. The molecule has 0 aliphatic carbocycles. The number of rotatable bonds is 6. The molecule has 0 bridgehead atoms. The van der Waals surface area contributed by atoms with Crippen molar-refractivity contribution in [2.45, 2.75) is 39.7 Å². The van der Waals surface area contributed by atoms with Crippen LogP contribution in [0.2, 0.25) is 0 Å². The smallest absolute Gasteiger partial charge is 0.265 e. The Morgan fingerprint density at radius 1 is 1.14 bits per heavy atom. The summed E-state index contributed by atoms with van der Waals surface area (Å²) in [7, 11) is 0. The number of hydrogen-bond donors (Lipinski definition) is 0. The molecule has 0 N–H and O–H groups in total. The molecule has 0 saturated carbocycles. The molecule has 7 heteroatoms. The summed E-state index contributed by atoms with van der Waals surface area (Å²) in [5.74, 6) is 1.80. The first-order valence-corrected chi connectivity index (χ1v) is 11.3. The van der Waals surface area contributed by atoms with Crippen molar-refractivity contribution in [3.8, 4) is 11.5 Å². The number of piperazine rings is 1. The fourth-order valence-electron chi connectivity index (χ4n) is 3.78. The normalized spacial score (nSPS) is 16.8. The van der Waals surface area contributed by atoms with E-state index in [-0.39, 0.29) is 5.91 Å². The monoisotopic (exact) mass is 415 g/mol. The Morgan fingerprint density at radius 3 is 2.66 bits per heavy atom. The highest BCUT2D eigenvalue weighted by Crippen LogP contribution is 2.31. The standard InChI is InChI=1S/C22H29N3O3S/c1-3-4-5-20-23-16(2)21(29-20)22(26)25-10-8-24(9-11-25)15-17-6-7-18-19(14-17)28-13-12-27-18/h6-7,14H,3-5,8-13,15H2,1-2H3. The summed E-state index contributed by atoms with van der Waals surface area (Å²) < 4.78 is 11.3. The second-order valence-corrected chi connectivity index (χ2v) is 8.76. The van der Waals surface area contributed by atoms with Crippen LogP contribution >= 0.6 is 11.3 Å². The van der Waals surface area contributed by atoms with Gasteiger partial charge in [-0.2, -0.15) is 0 Å². The topological polar surface area (TPSA) is 54.9 Å². The highest BCUT2D eigenvalue weighted by molar-refractivity contribution is 7.13. The number of ether oxygens (including phenoxy) is 2. The molecule has 6 nitrogen and oxygen atoms in total. The molecule has 1 fully saturated rings. The van der Waals surface area contributed by atoms with Gasteiger partial charge in [-0.15, -0.1) is 11.3 Å². The van der Waals surface area contributed by atoms with Crippen molar-refractivity contribution in [2.24, 2.45) is 0 Å². The third kappa shape index (κ3) is 4.73. The van der Waals surface area contributed by atoms with E-state index in [9.17, 15) is 4.79 Å². The van der Waals surface area contributed by atoms with Crippen molar-refractivity contribution in [3.05, 3.63) is 39.3 Å². The molecule has 4 rings (SSSR count). The number of fused-ring (bicyclic) bond motifs is 1. The van der Waals surface area contributed by atoms with E-state index in [0.29, 0.717) is 13.2 Å². The maximum atomic E-state index is 13.0. The summed E-state index contributed by atoms with van der Waals surface area (Å²) in [6.45, 7) is 9.47. The van der Waals surface area contributed by atoms with Gasteiger partial charge in [0.15, 0.2) is 11.5 Å². The lowest BCUT2D eigenvalue weighted by Gasteiger charge is -2.34. The Balaban J connectivity index is 1.32. The number of unbranched alkanes of at least 4 members (excludes halogenated alkanes) is 1. The lowest BCUT2D eigenvalue weighted by Crippen LogP contribution is -2.48. The first-order valence-electron chi connectivity index (χ1n) is 10.5.